The lowest BCUT2D eigenvalue weighted by Gasteiger charge is -2.32. The van der Waals surface area contributed by atoms with Gasteiger partial charge < -0.3 is 5.32 Å². The van der Waals surface area contributed by atoms with Crippen LogP contribution in [0.3, 0.4) is 0 Å². The molecule has 0 aliphatic heterocycles. The molecule has 1 aromatic heterocycles. The van der Waals surface area contributed by atoms with Gasteiger partial charge in [-0.3, -0.25) is 5.10 Å². The van der Waals surface area contributed by atoms with Gasteiger partial charge >= 0.3 is 0 Å². The van der Waals surface area contributed by atoms with Crippen molar-refractivity contribution in [3.05, 3.63) is 24.4 Å². The van der Waals surface area contributed by atoms with E-state index in [1.807, 2.05) is 18.2 Å². The summed E-state index contributed by atoms with van der Waals surface area (Å²) in [5, 5.41) is 20.9. The van der Waals surface area contributed by atoms with E-state index in [-0.39, 0.29) is 5.54 Å². The van der Waals surface area contributed by atoms with E-state index in [0.29, 0.717) is 0 Å². The Kier molecular flexibility index (Phi) is 2.67. The van der Waals surface area contributed by atoms with Crippen molar-refractivity contribution in [3.8, 4) is 6.07 Å². The second-order valence-corrected chi connectivity index (χ2v) is 5.05. The molecule has 4 heteroatoms. The fraction of sp³-hybridized carbons (Fsp3) is 0.429. The Morgan fingerprint density at radius 3 is 2.89 bits per heavy atom. The minimum Gasteiger partial charge on any atom is -0.367 e. The van der Waals surface area contributed by atoms with E-state index in [0.717, 1.165) is 42.3 Å². The van der Waals surface area contributed by atoms with Crippen molar-refractivity contribution in [1.82, 2.24) is 10.2 Å². The smallest absolute Gasteiger partial charge is 0.125 e. The van der Waals surface area contributed by atoms with Crippen LogP contribution in [0.15, 0.2) is 24.4 Å². The van der Waals surface area contributed by atoms with Crippen molar-refractivity contribution in [2.24, 2.45) is 0 Å². The highest BCUT2D eigenvalue weighted by Crippen LogP contribution is 2.31. The van der Waals surface area contributed by atoms with Crippen LogP contribution in [0.1, 0.15) is 32.1 Å². The van der Waals surface area contributed by atoms with Gasteiger partial charge in [0.1, 0.15) is 5.54 Å². The largest absolute Gasteiger partial charge is 0.367 e. The first kappa shape index (κ1) is 11.1. The van der Waals surface area contributed by atoms with Crippen LogP contribution in [0.5, 0.6) is 0 Å². The van der Waals surface area contributed by atoms with E-state index in [4.69, 9.17) is 0 Å². The Labute approximate surface area is 106 Å². The van der Waals surface area contributed by atoms with Gasteiger partial charge in [0, 0.05) is 11.1 Å². The summed E-state index contributed by atoms with van der Waals surface area (Å²) in [5.41, 5.74) is 1.65. The van der Waals surface area contributed by atoms with Gasteiger partial charge in [-0.1, -0.05) is 19.3 Å². The zero-order valence-electron chi connectivity index (χ0n) is 10.2. The third-order valence-electron chi connectivity index (χ3n) is 3.74. The number of H-pyrrole nitrogens is 1. The summed E-state index contributed by atoms with van der Waals surface area (Å²) < 4.78 is 0. The molecule has 0 amide bonds. The molecule has 2 N–H and O–H groups in total. The molecule has 2 aromatic rings. The highest BCUT2D eigenvalue weighted by molar-refractivity contribution is 5.82. The van der Waals surface area contributed by atoms with Crippen LogP contribution >= 0.6 is 0 Å². The third-order valence-corrected chi connectivity index (χ3v) is 3.74. The average Bonchev–Trinajstić information content (AvgIpc) is 2.87. The fourth-order valence-corrected chi connectivity index (χ4v) is 2.72. The molecule has 1 heterocycles. The molecule has 1 fully saturated rings. The highest BCUT2D eigenvalue weighted by atomic mass is 15.1. The normalized spacial score (nSPS) is 18.4. The number of benzene rings is 1. The van der Waals surface area contributed by atoms with Gasteiger partial charge in [0.2, 0.25) is 0 Å². The maximum absolute atomic E-state index is 9.45. The van der Waals surface area contributed by atoms with Crippen LogP contribution in [0.25, 0.3) is 10.9 Å². The second kappa shape index (κ2) is 4.34. The molecule has 1 aliphatic rings. The molecular formula is C14H16N4. The van der Waals surface area contributed by atoms with Crippen LogP contribution in [0.2, 0.25) is 0 Å². The lowest BCUT2D eigenvalue weighted by Crippen LogP contribution is -2.38. The molecule has 0 spiro atoms. The molecule has 1 saturated carbocycles. The van der Waals surface area contributed by atoms with Crippen LogP contribution in [0.4, 0.5) is 5.69 Å². The fourth-order valence-electron chi connectivity index (χ4n) is 2.72. The predicted octanol–water partition coefficient (Wildman–Crippen LogP) is 3.20. The second-order valence-electron chi connectivity index (χ2n) is 5.05. The number of hydrogen-bond donors (Lipinski definition) is 2. The van der Waals surface area contributed by atoms with Crippen LogP contribution in [-0.4, -0.2) is 15.7 Å². The number of nitrogens with one attached hydrogen (secondary N) is 2. The number of rotatable bonds is 2. The molecule has 92 valence electrons. The number of nitrogens with zero attached hydrogens (tertiary/aromatic N) is 2. The number of fused-ring (bicyclic) bond motifs is 1. The Balaban J connectivity index is 1.88. The molecule has 0 unspecified atom stereocenters. The molecule has 18 heavy (non-hydrogen) atoms. The first-order valence-electron chi connectivity index (χ1n) is 6.44. The quantitative estimate of drug-likeness (QED) is 0.847. The summed E-state index contributed by atoms with van der Waals surface area (Å²) in [5.74, 6) is 0. The van der Waals surface area contributed by atoms with Gasteiger partial charge in [-0.15, -0.1) is 0 Å². The maximum atomic E-state index is 9.45. The first-order valence-corrected chi connectivity index (χ1v) is 6.44. The molecule has 1 aromatic carbocycles. The van der Waals surface area contributed by atoms with Gasteiger partial charge in [-0.2, -0.15) is 10.4 Å². The van der Waals surface area contributed by atoms with Gasteiger partial charge in [0.05, 0.1) is 17.8 Å². The third kappa shape index (κ3) is 1.92. The first-order chi connectivity index (χ1) is 8.81. The lowest BCUT2D eigenvalue weighted by molar-refractivity contribution is 0.393. The molecule has 1 aliphatic carbocycles. The van der Waals surface area contributed by atoms with E-state index < -0.39 is 0 Å². The van der Waals surface area contributed by atoms with Crippen LogP contribution in [-0.2, 0) is 0 Å². The molecule has 0 bridgehead atoms. The Morgan fingerprint density at radius 1 is 1.28 bits per heavy atom. The number of anilines is 1. The number of hydrogen-bond acceptors (Lipinski definition) is 3. The van der Waals surface area contributed by atoms with Crippen molar-refractivity contribution in [1.29, 1.82) is 5.26 Å². The molecular weight excluding hydrogens is 224 g/mol. The summed E-state index contributed by atoms with van der Waals surface area (Å²) in [6.07, 6.45) is 7.19. The summed E-state index contributed by atoms with van der Waals surface area (Å²) in [6.45, 7) is 0. The lowest BCUT2D eigenvalue weighted by atomic mass is 9.82. The number of aromatic amines is 1. The van der Waals surface area contributed by atoms with Crippen molar-refractivity contribution < 1.29 is 0 Å². The molecule has 0 atom stereocenters. The highest BCUT2D eigenvalue weighted by Gasteiger charge is 2.31. The van der Waals surface area contributed by atoms with Crippen molar-refractivity contribution in [2.75, 3.05) is 5.32 Å². The van der Waals surface area contributed by atoms with Crippen molar-refractivity contribution in [2.45, 2.75) is 37.6 Å². The maximum Gasteiger partial charge on any atom is 0.125 e. The summed E-state index contributed by atoms with van der Waals surface area (Å²) in [7, 11) is 0. The Hall–Kier alpha value is -2.02. The van der Waals surface area contributed by atoms with Gasteiger partial charge in [-0.25, -0.2) is 0 Å². The number of nitriles is 1. The monoisotopic (exact) mass is 240 g/mol. The van der Waals surface area contributed by atoms with E-state index in [2.05, 4.69) is 21.6 Å². The van der Waals surface area contributed by atoms with Crippen molar-refractivity contribution in [3.63, 3.8) is 0 Å². The zero-order chi connectivity index (χ0) is 12.4. The van der Waals surface area contributed by atoms with E-state index in [9.17, 15) is 5.26 Å². The topological polar surface area (TPSA) is 64.5 Å². The van der Waals surface area contributed by atoms with Gasteiger partial charge in [-0.05, 0) is 31.0 Å². The molecule has 4 nitrogen and oxygen atoms in total. The number of aromatic nitrogens is 2. The average molecular weight is 240 g/mol. The van der Waals surface area contributed by atoms with Gasteiger partial charge in [0.25, 0.3) is 0 Å². The van der Waals surface area contributed by atoms with E-state index in [1.54, 1.807) is 6.20 Å². The SMILES string of the molecule is N#CC1(Nc2ccc3[nH]ncc3c2)CCCCC1. The Bertz CT molecular complexity index is 587. The van der Waals surface area contributed by atoms with Crippen LogP contribution < -0.4 is 5.32 Å². The summed E-state index contributed by atoms with van der Waals surface area (Å²) in [6, 6.07) is 8.53. The van der Waals surface area contributed by atoms with E-state index in [1.165, 1.54) is 6.42 Å². The minimum absolute atomic E-state index is 0.379. The summed E-state index contributed by atoms with van der Waals surface area (Å²) >= 11 is 0. The van der Waals surface area contributed by atoms with Crippen LogP contribution in [0, 0.1) is 11.3 Å². The zero-order valence-corrected chi connectivity index (χ0v) is 10.2. The Morgan fingerprint density at radius 2 is 2.11 bits per heavy atom. The summed E-state index contributed by atoms with van der Waals surface area (Å²) in [4.78, 5) is 0. The molecule has 0 radical (unpaired) electrons. The predicted molar refractivity (Wildman–Crippen MR) is 71.1 cm³/mol. The minimum atomic E-state index is -0.379. The van der Waals surface area contributed by atoms with Gasteiger partial charge in [0.15, 0.2) is 0 Å². The standard InChI is InChI=1S/C14H16N4/c15-10-14(6-2-1-3-7-14)17-12-4-5-13-11(8-12)9-16-18-13/h4-5,8-9,17H,1-3,6-7H2,(H,16,18). The van der Waals surface area contributed by atoms with E-state index >= 15 is 0 Å². The molecule has 3 rings (SSSR count). The van der Waals surface area contributed by atoms with Crippen molar-refractivity contribution >= 4 is 16.6 Å². The molecule has 0 saturated heterocycles.